The first-order valence-electron chi connectivity index (χ1n) is 5.46. The standard InChI is InChI=1S/C12H14FN3S/c1-3-11-14-15-12(16(11)2)17-8-9-4-6-10(13)7-5-9/h4-7H,3,8H2,1-2H3. The highest BCUT2D eigenvalue weighted by molar-refractivity contribution is 7.98. The van der Waals surface area contributed by atoms with Crippen LogP contribution in [-0.4, -0.2) is 14.8 Å². The molecule has 0 aliphatic carbocycles. The number of hydrogen-bond acceptors (Lipinski definition) is 3. The van der Waals surface area contributed by atoms with Gasteiger partial charge in [-0.05, 0) is 17.7 Å². The number of thioether (sulfide) groups is 1. The van der Waals surface area contributed by atoms with E-state index in [2.05, 4.69) is 17.1 Å². The summed E-state index contributed by atoms with van der Waals surface area (Å²) >= 11 is 1.61. The molecule has 0 aliphatic heterocycles. The summed E-state index contributed by atoms with van der Waals surface area (Å²) < 4.78 is 14.7. The van der Waals surface area contributed by atoms with E-state index in [1.165, 1.54) is 12.1 Å². The average molecular weight is 251 g/mol. The van der Waals surface area contributed by atoms with Crippen LogP contribution in [-0.2, 0) is 19.2 Å². The highest BCUT2D eigenvalue weighted by Gasteiger charge is 2.07. The Morgan fingerprint density at radius 3 is 2.53 bits per heavy atom. The number of nitrogens with zero attached hydrogens (tertiary/aromatic N) is 3. The summed E-state index contributed by atoms with van der Waals surface area (Å²) in [5.41, 5.74) is 1.08. The Bertz CT molecular complexity index is 493. The van der Waals surface area contributed by atoms with Crippen molar-refractivity contribution in [2.45, 2.75) is 24.3 Å². The van der Waals surface area contributed by atoms with Crippen molar-refractivity contribution in [2.24, 2.45) is 7.05 Å². The third-order valence-corrected chi connectivity index (χ3v) is 3.61. The minimum Gasteiger partial charge on any atom is -0.309 e. The molecule has 3 nitrogen and oxygen atoms in total. The van der Waals surface area contributed by atoms with Crippen LogP contribution in [0.15, 0.2) is 29.4 Å². The SMILES string of the molecule is CCc1nnc(SCc2ccc(F)cc2)n1C. The van der Waals surface area contributed by atoms with E-state index in [0.29, 0.717) is 0 Å². The van der Waals surface area contributed by atoms with E-state index in [9.17, 15) is 4.39 Å². The molecule has 1 aromatic carbocycles. The van der Waals surface area contributed by atoms with Crippen LogP contribution in [0.5, 0.6) is 0 Å². The number of benzene rings is 1. The van der Waals surface area contributed by atoms with Crippen molar-refractivity contribution in [3.63, 3.8) is 0 Å². The minimum atomic E-state index is -0.203. The molecule has 0 radical (unpaired) electrons. The molecule has 90 valence electrons. The average Bonchev–Trinajstić information content (AvgIpc) is 2.69. The summed E-state index contributed by atoms with van der Waals surface area (Å²) in [6.07, 6.45) is 0.876. The first-order chi connectivity index (χ1) is 8.20. The third-order valence-electron chi connectivity index (χ3n) is 2.52. The van der Waals surface area contributed by atoms with Crippen molar-refractivity contribution < 1.29 is 4.39 Å². The van der Waals surface area contributed by atoms with E-state index in [0.717, 1.165) is 28.7 Å². The maximum absolute atomic E-state index is 12.7. The van der Waals surface area contributed by atoms with Crippen LogP contribution in [0.1, 0.15) is 18.3 Å². The summed E-state index contributed by atoms with van der Waals surface area (Å²) in [6.45, 7) is 2.05. The monoisotopic (exact) mass is 251 g/mol. The number of aromatic nitrogens is 3. The fourth-order valence-electron chi connectivity index (χ4n) is 1.51. The van der Waals surface area contributed by atoms with Gasteiger partial charge in [-0.25, -0.2) is 4.39 Å². The van der Waals surface area contributed by atoms with Gasteiger partial charge >= 0.3 is 0 Å². The van der Waals surface area contributed by atoms with Gasteiger partial charge in [-0.15, -0.1) is 10.2 Å². The molecule has 2 aromatic rings. The molecule has 0 atom stereocenters. The van der Waals surface area contributed by atoms with E-state index < -0.39 is 0 Å². The summed E-state index contributed by atoms with van der Waals surface area (Å²) in [5, 5.41) is 9.11. The second-order valence-corrected chi connectivity index (χ2v) is 4.67. The van der Waals surface area contributed by atoms with Gasteiger partial charge in [0.15, 0.2) is 5.16 Å². The smallest absolute Gasteiger partial charge is 0.191 e. The predicted octanol–water partition coefficient (Wildman–Crippen LogP) is 2.81. The minimum absolute atomic E-state index is 0.203. The second-order valence-electron chi connectivity index (χ2n) is 3.73. The lowest BCUT2D eigenvalue weighted by molar-refractivity contribution is 0.627. The number of rotatable bonds is 4. The zero-order valence-corrected chi connectivity index (χ0v) is 10.7. The fourth-order valence-corrected chi connectivity index (χ4v) is 2.39. The van der Waals surface area contributed by atoms with Crippen molar-refractivity contribution in [2.75, 3.05) is 0 Å². The lowest BCUT2D eigenvalue weighted by Crippen LogP contribution is -1.97. The Hall–Kier alpha value is -1.36. The van der Waals surface area contributed by atoms with Crippen LogP contribution in [0.2, 0.25) is 0 Å². The lowest BCUT2D eigenvalue weighted by Gasteiger charge is -2.02. The van der Waals surface area contributed by atoms with E-state index in [1.807, 2.05) is 11.6 Å². The fraction of sp³-hybridized carbons (Fsp3) is 0.333. The highest BCUT2D eigenvalue weighted by atomic mass is 32.2. The summed E-state index contributed by atoms with van der Waals surface area (Å²) in [6, 6.07) is 6.53. The molecule has 17 heavy (non-hydrogen) atoms. The van der Waals surface area contributed by atoms with Gasteiger partial charge in [0, 0.05) is 19.2 Å². The maximum Gasteiger partial charge on any atom is 0.191 e. The van der Waals surface area contributed by atoms with Gasteiger partial charge in [-0.2, -0.15) is 0 Å². The van der Waals surface area contributed by atoms with Gasteiger partial charge in [0.05, 0.1) is 0 Å². The molecule has 0 saturated heterocycles. The molecule has 0 N–H and O–H groups in total. The van der Waals surface area contributed by atoms with Gasteiger partial charge in [0.25, 0.3) is 0 Å². The molecule has 0 saturated carbocycles. The van der Waals surface area contributed by atoms with Crippen LogP contribution < -0.4 is 0 Å². The van der Waals surface area contributed by atoms with Crippen LogP contribution in [0.25, 0.3) is 0 Å². The number of halogens is 1. The van der Waals surface area contributed by atoms with Crippen LogP contribution in [0, 0.1) is 5.82 Å². The van der Waals surface area contributed by atoms with Gasteiger partial charge in [-0.1, -0.05) is 30.8 Å². The molecule has 0 aliphatic rings. The quantitative estimate of drug-likeness (QED) is 0.783. The molecule has 1 heterocycles. The lowest BCUT2D eigenvalue weighted by atomic mass is 10.2. The highest BCUT2D eigenvalue weighted by Crippen LogP contribution is 2.21. The van der Waals surface area contributed by atoms with E-state index in [1.54, 1.807) is 23.9 Å². The Morgan fingerprint density at radius 1 is 1.24 bits per heavy atom. The van der Waals surface area contributed by atoms with E-state index in [4.69, 9.17) is 0 Å². The largest absolute Gasteiger partial charge is 0.309 e. The maximum atomic E-state index is 12.7. The number of aryl methyl sites for hydroxylation is 1. The van der Waals surface area contributed by atoms with Crippen molar-refractivity contribution in [3.8, 4) is 0 Å². The summed E-state index contributed by atoms with van der Waals surface area (Å²) in [4.78, 5) is 0. The van der Waals surface area contributed by atoms with Gasteiger partial charge < -0.3 is 4.57 Å². The Labute approximate surface area is 104 Å². The first-order valence-corrected chi connectivity index (χ1v) is 6.44. The van der Waals surface area contributed by atoms with Crippen molar-refractivity contribution >= 4 is 11.8 Å². The zero-order chi connectivity index (χ0) is 12.3. The molecule has 0 amide bonds. The van der Waals surface area contributed by atoms with Crippen molar-refractivity contribution in [1.82, 2.24) is 14.8 Å². The van der Waals surface area contributed by atoms with Crippen molar-refractivity contribution in [3.05, 3.63) is 41.5 Å². The number of hydrogen-bond donors (Lipinski definition) is 0. The molecule has 1 aromatic heterocycles. The van der Waals surface area contributed by atoms with Crippen LogP contribution >= 0.6 is 11.8 Å². The van der Waals surface area contributed by atoms with Crippen molar-refractivity contribution in [1.29, 1.82) is 0 Å². The summed E-state index contributed by atoms with van der Waals surface area (Å²) in [5.74, 6) is 1.55. The molecule has 0 bridgehead atoms. The van der Waals surface area contributed by atoms with E-state index >= 15 is 0 Å². The van der Waals surface area contributed by atoms with E-state index in [-0.39, 0.29) is 5.82 Å². The topological polar surface area (TPSA) is 30.7 Å². The van der Waals surface area contributed by atoms with Crippen LogP contribution in [0.4, 0.5) is 4.39 Å². The molecule has 5 heteroatoms. The summed E-state index contributed by atoms with van der Waals surface area (Å²) in [7, 11) is 1.96. The van der Waals surface area contributed by atoms with Gasteiger partial charge in [-0.3, -0.25) is 0 Å². The Morgan fingerprint density at radius 2 is 1.94 bits per heavy atom. The molecule has 2 rings (SSSR count). The Kier molecular flexibility index (Phi) is 3.78. The first kappa shape index (κ1) is 12.1. The molecule has 0 unspecified atom stereocenters. The van der Waals surface area contributed by atoms with Gasteiger partial charge in [0.1, 0.15) is 11.6 Å². The molecular weight excluding hydrogens is 237 g/mol. The molecular formula is C12H14FN3S. The zero-order valence-electron chi connectivity index (χ0n) is 9.85. The normalized spacial score (nSPS) is 10.8. The molecule has 0 spiro atoms. The Balaban J connectivity index is 2.02. The second kappa shape index (κ2) is 5.31. The van der Waals surface area contributed by atoms with Gasteiger partial charge in [0.2, 0.25) is 0 Å². The molecule has 0 fully saturated rings. The third kappa shape index (κ3) is 2.85. The predicted molar refractivity (Wildman–Crippen MR) is 66.3 cm³/mol. The van der Waals surface area contributed by atoms with Crippen LogP contribution in [0.3, 0.4) is 0 Å².